The van der Waals surface area contributed by atoms with Crippen LogP contribution >= 0.6 is 11.6 Å². The molecule has 2 aliphatic carbocycles. The monoisotopic (exact) mass is 920 g/mol. The molecule has 0 fully saturated rings. The number of aromatic amines is 1. The molecule has 2 heterocycles. The molecule has 0 aliphatic heterocycles. The number of benzene rings is 2. The fourth-order valence-electron chi connectivity index (χ4n) is 5.08. The van der Waals surface area contributed by atoms with Crippen LogP contribution in [0, 0.1) is 0 Å². The van der Waals surface area contributed by atoms with Gasteiger partial charge in [-0.3, -0.25) is 14.5 Å². The van der Waals surface area contributed by atoms with E-state index in [-0.39, 0.29) is 143 Å². The summed E-state index contributed by atoms with van der Waals surface area (Å²) in [7, 11) is -13.8. The fraction of sp³-hybridized carbons (Fsp3) is 0.0312. The Morgan fingerprint density at radius 2 is 1.68 bits per heavy atom. The van der Waals surface area contributed by atoms with Crippen molar-refractivity contribution in [1.82, 2.24) is 15.0 Å². The van der Waals surface area contributed by atoms with Gasteiger partial charge in [-0.15, -0.1) is 4.98 Å². The number of aromatic carboxylic acids is 1. The molecule has 6 rings (SSSR count). The van der Waals surface area contributed by atoms with E-state index >= 15 is 0 Å². The van der Waals surface area contributed by atoms with Gasteiger partial charge in [-0.2, -0.15) is 31.9 Å². The summed E-state index contributed by atoms with van der Waals surface area (Å²) >= 11 is 5.92. The summed E-state index contributed by atoms with van der Waals surface area (Å²) in [5.74, 6) is -2.49. The van der Waals surface area contributed by atoms with Crippen LogP contribution in [0.3, 0.4) is 0 Å². The maximum Gasteiger partial charge on any atom is 0.407 e. The Kier molecular flexibility index (Phi) is 15.3. The number of hydrazone groups is 1. The maximum atomic E-state index is 12.4. The first-order valence-electron chi connectivity index (χ1n) is 15.4. The number of H-pyrrole nitrogens is 1. The molecule has 2 radical (unpaired) electrons. The van der Waals surface area contributed by atoms with Gasteiger partial charge in [0, 0.05) is 92.6 Å². The third-order valence-corrected chi connectivity index (χ3v) is 10.7. The van der Waals surface area contributed by atoms with E-state index in [9.17, 15) is 53.9 Å². The van der Waals surface area contributed by atoms with Crippen molar-refractivity contribution in [3.05, 3.63) is 123 Å². The van der Waals surface area contributed by atoms with Crippen LogP contribution in [-0.4, -0.2) is 170 Å². The topological polar surface area (TPSA) is 327 Å². The van der Waals surface area contributed by atoms with Crippen molar-refractivity contribution in [2.75, 3.05) is 12.5 Å². The SMILES string of the molecule is COc1ccc(NN=C2C(S(=O)(=O)[O-])=CC3=CC(=Nc4nc(-[n+]5cccc(C(=O)O)c5)[nH]c(=Nc5ccc(Cl)c(S(=O)(=O)O)c5)n4)C=CC3=C2O)c(S(=O)(=O)O)c1.[K].[Na]. The number of methoxy groups -OCH3 is 1. The average Bonchev–Trinajstić information content (AvgIpc) is 3.13. The van der Waals surface area contributed by atoms with E-state index in [1.54, 1.807) is 0 Å². The third-order valence-electron chi connectivity index (χ3n) is 7.64. The summed E-state index contributed by atoms with van der Waals surface area (Å²) in [5, 5.41) is 24.2. The number of ether oxygens (including phenoxy) is 1. The van der Waals surface area contributed by atoms with Gasteiger partial charge in [0.1, 0.15) is 31.4 Å². The molecule has 59 heavy (non-hydrogen) atoms. The molecule has 0 amide bonds. The van der Waals surface area contributed by atoms with Crippen molar-refractivity contribution in [2.45, 2.75) is 9.79 Å². The Labute approximate surface area is 403 Å². The predicted octanol–water partition coefficient (Wildman–Crippen LogP) is 1.70. The van der Waals surface area contributed by atoms with Gasteiger partial charge in [-0.05, 0) is 77.3 Å². The van der Waals surface area contributed by atoms with Crippen molar-refractivity contribution in [2.24, 2.45) is 15.1 Å². The summed E-state index contributed by atoms with van der Waals surface area (Å²) in [4.78, 5) is 29.1. The summed E-state index contributed by atoms with van der Waals surface area (Å²) in [6, 6.07) is 9.51. The number of nitrogens with zero attached hydrogens (tertiary/aromatic N) is 6. The molecular formula is C32H23ClKN8NaO13S3. The van der Waals surface area contributed by atoms with Crippen molar-refractivity contribution in [1.29, 1.82) is 0 Å². The van der Waals surface area contributed by atoms with Gasteiger partial charge in [0.25, 0.3) is 25.9 Å². The summed E-state index contributed by atoms with van der Waals surface area (Å²) in [5.41, 5.74) is 0.535. The van der Waals surface area contributed by atoms with Crippen LogP contribution in [0.5, 0.6) is 5.75 Å². The molecule has 0 spiro atoms. The summed E-state index contributed by atoms with van der Waals surface area (Å²) in [6.45, 7) is 0. The number of halogens is 1. The first-order valence-corrected chi connectivity index (χ1v) is 20.0. The number of fused-ring (bicyclic) bond motifs is 1. The molecule has 0 bridgehead atoms. The summed E-state index contributed by atoms with van der Waals surface area (Å²) < 4.78 is 110. The van der Waals surface area contributed by atoms with Crippen LogP contribution in [0.4, 0.5) is 17.3 Å². The molecule has 0 saturated heterocycles. The van der Waals surface area contributed by atoms with E-state index in [2.05, 4.69) is 35.5 Å². The first kappa shape index (κ1) is 47.9. The molecule has 21 nitrogen and oxygen atoms in total. The first-order chi connectivity index (χ1) is 26.7. The van der Waals surface area contributed by atoms with Gasteiger partial charge in [0.15, 0.2) is 5.76 Å². The number of aliphatic hydroxyl groups is 1. The molecule has 0 atom stereocenters. The molecule has 0 saturated carbocycles. The fourth-order valence-corrected chi connectivity index (χ4v) is 7.39. The van der Waals surface area contributed by atoms with Gasteiger partial charge in [0.05, 0.1) is 52.1 Å². The number of carbonyl (C=O) groups is 1. The largest absolute Gasteiger partial charge is 0.744 e. The number of aromatic nitrogens is 4. The molecule has 2 aromatic carbocycles. The van der Waals surface area contributed by atoms with Crippen LogP contribution in [0.1, 0.15) is 10.4 Å². The molecule has 2 aliphatic rings. The Morgan fingerprint density at radius 3 is 2.32 bits per heavy atom. The number of carboxylic acids is 1. The van der Waals surface area contributed by atoms with Gasteiger partial charge >= 0.3 is 17.9 Å². The second-order valence-corrected chi connectivity index (χ2v) is 15.9. The standard InChI is InChI=1S/C32H23ClN8O13S3.K.Na/c1-54-20-6-9-23(25(14-20)56(48,49)50)39-40-27-26(57(51,52)53)12-17-11-18(4-7-21(17)28(27)42)34-30-36-31(35-19-5-8-22(33)24(13-19)55(45,46)47)38-32(37-30)41-10-2-3-16(15-41)29(43)44;;/h2-15H,1H3,(H6-,34,35,36,37,38,39,42,43,44,45,46,47,48,49,50,51,52,53);;. The molecule has 2 aromatic heterocycles. The molecule has 0 unspecified atom stereocenters. The second kappa shape index (κ2) is 18.9. The van der Waals surface area contributed by atoms with Crippen molar-refractivity contribution < 1.29 is 63.2 Å². The van der Waals surface area contributed by atoms with Crippen molar-refractivity contribution >= 4 is 158 Å². The number of carboxylic acid groups (broad SMARTS) is 1. The van der Waals surface area contributed by atoms with Crippen molar-refractivity contribution in [3.63, 3.8) is 0 Å². The zero-order valence-corrected chi connectivity index (χ0v) is 38.7. The Bertz CT molecular complexity index is 3020. The third kappa shape index (κ3) is 11.3. The second-order valence-electron chi connectivity index (χ2n) is 11.4. The Morgan fingerprint density at radius 1 is 0.966 bits per heavy atom. The quantitative estimate of drug-likeness (QED) is 0.0571. The number of allylic oxidation sites excluding steroid dienone is 7. The zero-order chi connectivity index (χ0) is 41.4. The molecule has 4 aromatic rings. The number of aliphatic imine (C=N–C) groups is 1. The van der Waals surface area contributed by atoms with E-state index < -0.39 is 62.5 Å². The smallest absolute Gasteiger partial charge is 0.407 e. The molecule has 296 valence electrons. The predicted molar refractivity (Wildman–Crippen MR) is 208 cm³/mol. The van der Waals surface area contributed by atoms with Crippen molar-refractivity contribution in [3.8, 4) is 11.7 Å². The maximum absolute atomic E-state index is 12.4. The van der Waals surface area contributed by atoms with E-state index in [1.807, 2.05) is 0 Å². The normalized spacial score (nSPS) is 15.8. The number of anilines is 1. The molecule has 6 N–H and O–H groups in total. The van der Waals surface area contributed by atoms with Crippen LogP contribution in [0.15, 0.2) is 132 Å². The van der Waals surface area contributed by atoms with Crippen LogP contribution in [-0.2, 0) is 30.4 Å². The van der Waals surface area contributed by atoms with Gasteiger partial charge in [0.2, 0.25) is 0 Å². The van der Waals surface area contributed by atoms with E-state index in [0.29, 0.717) is 0 Å². The summed E-state index contributed by atoms with van der Waals surface area (Å²) in [6.07, 6.45) is 7.35. The van der Waals surface area contributed by atoms with Crippen LogP contribution in [0.2, 0.25) is 5.02 Å². The van der Waals surface area contributed by atoms with Gasteiger partial charge in [-0.1, -0.05) is 11.6 Å². The number of hydrogen-bond acceptors (Lipinski definition) is 16. The minimum Gasteiger partial charge on any atom is -0.744 e. The average molecular weight is 921 g/mol. The van der Waals surface area contributed by atoms with E-state index in [4.69, 9.17) is 16.3 Å². The van der Waals surface area contributed by atoms with Gasteiger partial charge < -0.3 is 19.5 Å². The molecule has 27 heteroatoms. The van der Waals surface area contributed by atoms with E-state index in [1.165, 1.54) is 66.6 Å². The van der Waals surface area contributed by atoms with Crippen LogP contribution < -0.4 is 20.3 Å². The Hall–Kier alpha value is -3.77. The minimum atomic E-state index is -5.38. The minimum absolute atomic E-state index is 0. The molecular weight excluding hydrogens is 898 g/mol. The van der Waals surface area contributed by atoms with E-state index in [0.717, 1.165) is 30.3 Å². The zero-order valence-electron chi connectivity index (χ0n) is 30.3. The number of rotatable bonds is 10. The number of nitrogens with one attached hydrogen (secondary N) is 2. The van der Waals surface area contributed by atoms with Gasteiger partial charge in [-0.25, -0.2) is 22.8 Å². The number of hydrogen-bond donors (Lipinski definition) is 6. The van der Waals surface area contributed by atoms with Crippen LogP contribution in [0.25, 0.3) is 5.95 Å². The number of pyridine rings is 1. The number of aliphatic hydroxyl groups excluding tert-OH is 1. The Balaban J connectivity index is 0.00000384.